The van der Waals surface area contributed by atoms with Gasteiger partial charge >= 0.3 is 0 Å². The first-order chi connectivity index (χ1) is 16.0. The first-order valence-electron chi connectivity index (χ1n) is 10.3. The summed E-state index contributed by atoms with van der Waals surface area (Å²) in [5.74, 6) is 1.22. The molecule has 0 spiro atoms. The molecule has 1 fully saturated rings. The molecule has 0 atom stereocenters. The highest BCUT2D eigenvalue weighted by molar-refractivity contribution is 7.22. The fourth-order valence-electron chi connectivity index (χ4n) is 3.33. The van der Waals surface area contributed by atoms with E-state index in [1.165, 1.54) is 18.3 Å². The van der Waals surface area contributed by atoms with Crippen molar-refractivity contribution in [3.8, 4) is 22.8 Å². The summed E-state index contributed by atoms with van der Waals surface area (Å²) >= 11 is 7.91. The van der Waals surface area contributed by atoms with Crippen LogP contribution in [-0.4, -0.2) is 49.7 Å². The standard InChI is InChI=1S/C21H20ClN7O3S/c1-11(30)24-6-7-32-13-4-5-14(15(22)8-13)16-9-23-10-29(16)19-17-18(27-28-19)25-21(33-17)26-20(31)12-2-3-12/h4-5,8-10,12H,2-3,6-7H2,1H3,(H,24,30)(H2,25,26,27,28,31). The second kappa shape index (κ2) is 8.83. The fraction of sp³-hybridized carbons (Fsp3) is 0.286. The molecule has 2 amide bonds. The van der Waals surface area contributed by atoms with E-state index in [1.807, 2.05) is 16.7 Å². The average Bonchev–Trinajstić information content (AvgIpc) is 3.22. The normalized spacial score (nSPS) is 13.3. The number of hydrogen-bond acceptors (Lipinski definition) is 7. The Morgan fingerprint density at radius 3 is 2.97 bits per heavy atom. The van der Waals surface area contributed by atoms with Gasteiger partial charge in [0.1, 0.15) is 23.4 Å². The Balaban J connectivity index is 1.38. The number of thiazole rings is 1. The minimum atomic E-state index is -0.105. The number of carbonyl (C=O) groups excluding carboxylic acids is 2. The molecule has 3 aromatic heterocycles. The number of aromatic nitrogens is 5. The highest BCUT2D eigenvalue weighted by Crippen LogP contribution is 2.36. The van der Waals surface area contributed by atoms with Gasteiger partial charge in [0.15, 0.2) is 16.6 Å². The SMILES string of the molecule is CC(=O)NCCOc1ccc(-c2cncn2-c2n[nH]c3nc(NC(=O)C4CC4)sc23)c(Cl)c1. The lowest BCUT2D eigenvalue weighted by atomic mass is 10.1. The van der Waals surface area contributed by atoms with Crippen LogP contribution in [-0.2, 0) is 9.59 Å². The highest BCUT2D eigenvalue weighted by Gasteiger charge is 2.30. The number of hydrogen-bond donors (Lipinski definition) is 3. The summed E-state index contributed by atoms with van der Waals surface area (Å²) in [6.07, 6.45) is 5.22. The number of ether oxygens (including phenoxy) is 1. The summed E-state index contributed by atoms with van der Waals surface area (Å²) in [5.41, 5.74) is 2.09. The molecule has 0 aliphatic heterocycles. The summed E-state index contributed by atoms with van der Waals surface area (Å²) in [7, 11) is 0. The van der Waals surface area contributed by atoms with Gasteiger partial charge in [-0.15, -0.1) is 0 Å². The Labute approximate surface area is 197 Å². The maximum Gasteiger partial charge on any atom is 0.229 e. The summed E-state index contributed by atoms with van der Waals surface area (Å²) < 4.78 is 8.27. The molecule has 0 saturated heterocycles. The number of amides is 2. The third-order valence-electron chi connectivity index (χ3n) is 5.10. The summed E-state index contributed by atoms with van der Waals surface area (Å²) in [5, 5.41) is 13.9. The van der Waals surface area contributed by atoms with Crippen molar-refractivity contribution in [1.82, 2.24) is 30.0 Å². The third-order valence-corrected chi connectivity index (χ3v) is 6.38. The van der Waals surface area contributed by atoms with Crippen molar-refractivity contribution in [1.29, 1.82) is 0 Å². The van der Waals surface area contributed by atoms with Crippen molar-refractivity contribution >= 4 is 50.2 Å². The van der Waals surface area contributed by atoms with Gasteiger partial charge in [-0.3, -0.25) is 19.3 Å². The van der Waals surface area contributed by atoms with E-state index < -0.39 is 0 Å². The molecule has 3 heterocycles. The maximum absolute atomic E-state index is 12.1. The number of H-pyrrole nitrogens is 1. The second-order valence-electron chi connectivity index (χ2n) is 7.63. The third kappa shape index (κ3) is 4.55. The first-order valence-corrected chi connectivity index (χ1v) is 11.5. The second-order valence-corrected chi connectivity index (χ2v) is 9.04. The van der Waals surface area contributed by atoms with Gasteiger partial charge in [-0.05, 0) is 31.0 Å². The molecule has 5 rings (SSSR count). The van der Waals surface area contributed by atoms with Gasteiger partial charge in [0.2, 0.25) is 11.8 Å². The molecule has 170 valence electrons. The lowest BCUT2D eigenvalue weighted by Crippen LogP contribution is -2.25. The summed E-state index contributed by atoms with van der Waals surface area (Å²) in [6, 6.07) is 5.38. The van der Waals surface area contributed by atoms with Gasteiger partial charge in [0.25, 0.3) is 0 Å². The number of carbonyl (C=O) groups is 2. The number of nitrogens with one attached hydrogen (secondary N) is 3. The number of imidazole rings is 1. The van der Waals surface area contributed by atoms with Crippen molar-refractivity contribution in [2.45, 2.75) is 19.8 Å². The average molecular weight is 486 g/mol. The molecule has 3 N–H and O–H groups in total. The topological polar surface area (TPSA) is 127 Å². The smallest absolute Gasteiger partial charge is 0.229 e. The maximum atomic E-state index is 12.1. The lowest BCUT2D eigenvalue weighted by Gasteiger charge is -2.10. The molecule has 1 aliphatic carbocycles. The van der Waals surface area contributed by atoms with Gasteiger partial charge in [-0.2, -0.15) is 5.10 Å². The first kappa shape index (κ1) is 21.4. The van der Waals surface area contributed by atoms with Crippen molar-refractivity contribution in [3.63, 3.8) is 0 Å². The lowest BCUT2D eigenvalue weighted by molar-refractivity contribution is -0.119. The Morgan fingerprint density at radius 1 is 1.36 bits per heavy atom. The molecule has 0 radical (unpaired) electrons. The molecule has 4 aromatic rings. The van der Waals surface area contributed by atoms with Crippen LogP contribution in [0.1, 0.15) is 19.8 Å². The zero-order chi connectivity index (χ0) is 22.9. The van der Waals surface area contributed by atoms with Gasteiger partial charge in [0.05, 0.1) is 23.5 Å². The van der Waals surface area contributed by atoms with Crippen LogP contribution in [0.2, 0.25) is 5.02 Å². The van der Waals surface area contributed by atoms with E-state index in [9.17, 15) is 9.59 Å². The number of halogens is 1. The van der Waals surface area contributed by atoms with Crippen LogP contribution in [0.3, 0.4) is 0 Å². The molecular weight excluding hydrogens is 466 g/mol. The van der Waals surface area contributed by atoms with Crippen LogP contribution >= 0.6 is 22.9 Å². The number of rotatable bonds is 8. The van der Waals surface area contributed by atoms with Crippen LogP contribution in [0.15, 0.2) is 30.7 Å². The van der Waals surface area contributed by atoms with E-state index in [4.69, 9.17) is 16.3 Å². The number of benzene rings is 1. The summed E-state index contributed by atoms with van der Waals surface area (Å²) in [4.78, 5) is 31.7. The van der Waals surface area contributed by atoms with Crippen molar-refractivity contribution < 1.29 is 14.3 Å². The fourth-order valence-corrected chi connectivity index (χ4v) is 4.50. The van der Waals surface area contributed by atoms with E-state index in [1.54, 1.807) is 18.6 Å². The van der Waals surface area contributed by atoms with E-state index in [0.29, 0.717) is 40.5 Å². The van der Waals surface area contributed by atoms with Crippen LogP contribution in [0.25, 0.3) is 27.4 Å². The number of nitrogens with zero attached hydrogens (tertiary/aromatic N) is 4. The zero-order valence-electron chi connectivity index (χ0n) is 17.6. The molecule has 12 heteroatoms. The van der Waals surface area contributed by atoms with Crippen molar-refractivity contribution in [2.75, 3.05) is 18.5 Å². The minimum Gasteiger partial charge on any atom is -0.492 e. The highest BCUT2D eigenvalue weighted by atomic mass is 35.5. The number of aromatic amines is 1. The van der Waals surface area contributed by atoms with Gasteiger partial charge in [0, 0.05) is 18.4 Å². The summed E-state index contributed by atoms with van der Waals surface area (Å²) in [6.45, 7) is 2.21. The molecule has 1 aromatic carbocycles. The molecule has 1 saturated carbocycles. The largest absolute Gasteiger partial charge is 0.492 e. The minimum absolute atomic E-state index is 0.00963. The molecule has 1 aliphatic rings. The van der Waals surface area contributed by atoms with E-state index in [-0.39, 0.29) is 17.7 Å². The molecule has 0 unspecified atom stereocenters. The zero-order valence-corrected chi connectivity index (χ0v) is 19.2. The van der Waals surface area contributed by atoms with Crippen LogP contribution < -0.4 is 15.4 Å². The Hall–Kier alpha value is -3.44. The molecule has 0 bridgehead atoms. The number of anilines is 1. The van der Waals surface area contributed by atoms with Crippen LogP contribution in [0.5, 0.6) is 5.75 Å². The van der Waals surface area contributed by atoms with Gasteiger partial charge in [-0.1, -0.05) is 22.9 Å². The van der Waals surface area contributed by atoms with Crippen molar-refractivity contribution in [2.24, 2.45) is 5.92 Å². The molecule has 10 nitrogen and oxygen atoms in total. The molecular formula is C21H20ClN7O3S. The van der Waals surface area contributed by atoms with Crippen molar-refractivity contribution in [3.05, 3.63) is 35.7 Å². The Morgan fingerprint density at radius 2 is 2.21 bits per heavy atom. The van der Waals surface area contributed by atoms with E-state index in [2.05, 4.69) is 30.8 Å². The quantitative estimate of drug-likeness (QED) is 0.328. The van der Waals surface area contributed by atoms with Gasteiger partial charge < -0.3 is 15.4 Å². The monoisotopic (exact) mass is 485 g/mol. The molecule has 33 heavy (non-hydrogen) atoms. The predicted octanol–water partition coefficient (Wildman–Crippen LogP) is 3.39. The van der Waals surface area contributed by atoms with E-state index >= 15 is 0 Å². The van der Waals surface area contributed by atoms with E-state index in [0.717, 1.165) is 28.8 Å². The Bertz CT molecular complexity index is 1340. The van der Waals surface area contributed by atoms with Gasteiger partial charge in [-0.25, -0.2) is 9.97 Å². The number of fused-ring (bicyclic) bond motifs is 1. The Kier molecular flexibility index (Phi) is 5.73. The predicted molar refractivity (Wildman–Crippen MR) is 125 cm³/mol. The van der Waals surface area contributed by atoms with Crippen LogP contribution in [0.4, 0.5) is 5.13 Å². The van der Waals surface area contributed by atoms with Crippen LogP contribution in [0, 0.1) is 5.92 Å².